The highest BCUT2D eigenvalue weighted by molar-refractivity contribution is 7.99. The lowest BCUT2D eigenvalue weighted by Gasteiger charge is -2.43. The molecular weight excluding hydrogens is 821 g/mol. The number of rotatable bonds is 13. The number of benzene rings is 3. The largest absolute Gasteiger partial charge is 0.494 e. The summed E-state index contributed by atoms with van der Waals surface area (Å²) in [5, 5.41) is 9.99. The molecule has 0 saturated carbocycles. The predicted molar refractivity (Wildman–Crippen MR) is 239 cm³/mol. The van der Waals surface area contributed by atoms with Gasteiger partial charge in [-0.3, -0.25) is 29.5 Å². The molecule has 8 rings (SSSR count). The van der Waals surface area contributed by atoms with Gasteiger partial charge in [0.25, 0.3) is 5.91 Å². The number of halogens is 1. The topological polar surface area (TPSA) is 152 Å². The van der Waals surface area contributed by atoms with Crippen molar-refractivity contribution in [3.63, 3.8) is 0 Å². The Morgan fingerprint density at radius 3 is 2.47 bits per heavy atom. The van der Waals surface area contributed by atoms with E-state index in [1.807, 2.05) is 42.5 Å². The Balaban J connectivity index is 0.799. The highest BCUT2D eigenvalue weighted by atomic mass is 35.5. The number of nitrogens with one attached hydrogen (secondary N) is 3. The summed E-state index contributed by atoms with van der Waals surface area (Å²) in [7, 11) is -0.890. The van der Waals surface area contributed by atoms with Gasteiger partial charge in [0.05, 0.1) is 24.7 Å². The molecule has 1 atom stereocenters. The summed E-state index contributed by atoms with van der Waals surface area (Å²) in [5.41, 5.74) is 4.17. The SMILES string of the molecule is COc1cc(N2CCC(N3CCN(CCSc4cccc5c4CN(C4CCC(=O)NC4=O)C5=O)CC3)CC2)ccc1Nc1ncc(Cl)c(Nc2ccccc2P(C)(C)=O)n1. The molecule has 14 nitrogen and oxygen atoms in total. The van der Waals surface area contributed by atoms with E-state index in [-0.39, 0.29) is 24.1 Å². The molecular formula is C43H51ClN9O5PS. The van der Waals surface area contributed by atoms with Gasteiger partial charge < -0.3 is 29.7 Å². The summed E-state index contributed by atoms with van der Waals surface area (Å²) < 4.78 is 18.7. The summed E-state index contributed by atoms with van der Waals surface area (Å²) in [6.07, 6.45) is 4.34. The molecule has 0 bridgehead atoms. The first-order valence-electron chi connectivity index (χ1n) is 20.4. The highest BCUT2D eigenvalue weighted by Crippen LogP contribution is 2.39. The first kappa shape index (κ1) is 42.0. The highest BCUT2D eigenvalue weighted by Gasteiger charge is 2.40. The molecule has 0 aliphatic carbocycles. The van der Waals surface area contributed by atoms with Crippen LogP contribution in [0.3, 0.4) is 0 Å². The standard InChI is InChI=1S/C43H51ClN9O5PS/c1-58-36-25-29(11-12-33(36)47-43-45-26-32(44)40(49-43)46-34-8-4-5-9-37(34)59(2,3)57)51-17-15-28(16-18-51)52-21-19-50(20-22-52)23-24-60-38-10-6-7-30-31(38)27-53(42(30)56)35-13-14-39(54)48-41(35)55/h4-12,25-26,28,35H,13-24,27H2,1-3H3,(H,48,54,55)(H2,45,46,47,49). The van der Waals surface area contributed by atoms with Crippen molar-refractivity contribution in [2.24, 2.45) is 0 Å². The van der Waals surface area contributed by atoms with Crippen molar-refractivity contribution in [3.05, 3.63) is 83.0 Å². The fraction of sp³-hybridized carbons (Fsp3) is 0.419. The molecule has 4 aromatic rings. The first-order valence-corrected chi connectivity index (χ1v) is 24.4. The third-order valence-corrected chi connectivity index (χ3v) is 14.8. The van der Waals surface area contributed by atoms with Crippen molar-refractivity contribution in [1.82, 2.24) is 30.0 Å². The Labute approximate surface area is 360 Å². The second kappa shape index (κ2) is 18.1. The number of piperazine rings is 1. The van der Waals surface area contributed by atoms with Crippen LogP contribution in [0.1, 0.15) is 41.6 Å². The van der Waals surface area contributed by atoms with Crippen molar-refractivity contribution in [2.45, 2.75) is 49.2 Å². The maximum atomic E-state index is 13.2. The minimum atomic E-state index is -2.55. The summed E-state index contributed by atoms with van der Waals surface area (Å²) in [4.78, 5) is 56.8. The Bertz CT molecular complexity index is 2310. The second-order valence-corrected chi connectivity index (χ2v) is 20.7. The van der Waals surface area contributed by atoms with Gasteiger partial charge in [-0.25, -0.2) is 4.98 Å². The molecule has 0 radical (unpaired) electrons. The molecule has 1 aromatic heterocycles. The predicted octanol–water partition coefficient (Wildman–Crippen LogP) is 6.01. The lowest BCUT2D eigenvalue weighted by atomic mass is 10.0. The monoisotopic (exact) mass is 871 g/mol. The summed E-state index contributed by atoms with van der Waals surface area (Å²) >= 11 is 8.26. The number of thioether (sulfide) groups is 1. The van der Waals surface area contributed by atoms with E-state index in [9.17, 15) is 18.9 Å². The Morgan fingerprint density at radius 2 is 1.72 bits per heavy atom. The van der Waals surface area contributed by atoms with Crippen molar-refractivity contribution < 1.29 is 23.7 Å². The maximum absolute atomic E-state index is 13.2. The molecule has 3 aromatic carbocycles. The van der Waals surface area contributed by atoms with Crippen molar-refractivity contribution in [1.29, 1.82) is 0 Å². The fourth-order valence-electron chi connectivity index (χ4n) is 8.61. The zero-order valence-corrected chi connectivity index (χ0v) is 36.6. The van der Waals surface area contributed by atoms with E-state index in [0.717, 1.165) is 91.5 Å². The lowest BCUT2D eigenvalue weighted by molar-refractivity contribution is -0.136. The van der Waals surface area contributed by atoms with Crippen LogP contribution in [-0.4, -0.2) is 126 Å². The van der Waals surface area contributed by atoms with Crippen LogP contribution in [0, 0.1) is 0 Å². The molecule has 4 aliphatic heterocycles. The van der Waals surface area contributed by atoms with Crippen molar-refractivity contribution >= 4 is 82.4 Å². The molecule has 316 valence electrons. The quantitative estimate of drug-likeness (QED) is 0.0818. The van der Waals surface area contributed by atoms with E-state index >= 15 is 0 Å². The average Bonchev–Trinajstić information content (AvgIpc) is 3.58. The van der Waals surface area contributed by atoms with Gasteiger partial charge in [-0.15, -0.1) is 11.8 Å². The molecule has 3 fully saturated rings. The van der Waals surface area contributed by atoms with Crippen LogP contribution in [0.4, 0.5) is 28.8 Å². The van der Waals surface area contributed by atoms with Crippen LogP contribution in [0.2, 0.25) is 5.02 Å². The van der Waals surface area contributed by atoms with Gasteiger partial charge >= 0.3 is 0 Å². The van der Waals surface area contributed by atoms with E-state index in [0.29, 0.717) is 52.8 Å². The zero-order valence-electron chi connectivity index (χ0n) is 34.2. The lowest BCUT2D eigenvalue weighted by Crippen LogP contribution is -2.53. The summed E-state index contributed by atoms with van der Waals surface area (Å²) in [5.74, 6) is 1.56. The third-order valence-electron chi connectivity index (χ3n) is 11.9. The molecule has 0 spiro atoms. The number of carbonyl (C=O) groups excluding carboxylic acids is 3. The van der Waals surface area contributed by atoms with Crippen molar-refractivity contribution in [3.8, 4) is 5.75 Å². The second-order valence-electron chi connectivity index (χ2n) is 16.0. The smallest absolute Gasteiger partial charge is 0.255 e. The van der Waals surface area contributed by atoms with Crippen LogP contribution in [0.25, 0.3) is 0 Å². The van der Waals surface area contributed by atoms with Gasteiger partial charge in [0, 0.05) is 98.1 Å². The molecule has 4 aliphatic rings. The van der Waals surface area contributed by atoms with E-state index in [1.54, 1.807) is 37.1 Å². The molecule has 5 heterocycles. The number of ether oxygens (including phenoxy) is 1. The number of nitrogens with zero attached hydrogens (tertiary/aromatic N) is 6. The summed E-state index contributed by atoms with van der Waals surface area (Å²) in [6, 6.07) is 19.4. The normalized spacial score (nSPS) is 19.3. The van der Waals surface area contributed by atoms with E-state index in [4.69, 9.17) is 16.3 Å². The van der Waals surface area contributed by atoms with Crippen molar-refractivity contribution in [2.75, 3.05) is 87.5 Å². The number of hydrogen-bond donors (Lipinski definition) is 3. The maximum Gasteiger partial charge on any atom is 0.255 e. The van der Waals surface area contributed by atoms with Gasteiger partial charge in [0.1, 0.15) is 24.0 Å². The van der Waals surface area contributed by atoms with E-state index in [2.05, 4.69) is 58.8 Å². The van der Waals surface area contributed by atoms with Crippen LogP contribution in [0.5, 0.6) is 5.75 Å². The summed E-state index contributed by atoms with van der Waals surface area (Å²) in [6.45, 7) is 10.9. The molecule has 3 saturated heterocycles. The number of anilines is 5. The number of methoxy groups -OCH3 is 1. The molecule has 1 unspecified atom stereocenters. The minimum Gasteiger partial charge on any atom is -0.494 e. The average molecular weight is 872 g/mol. The number of piperidine rings is 2. The van der Waals surface area contributed by atoms with Crippen LogP contribution in [-0.2, 0) is 20.7 Å². The van der Waals surface area contributed by atoms with Crippen LogP contribution < -0.4 is 30.9 Å². The Morgan fingerprint density at radius 1 is 0.933 bits per heavy atom. The van der Waals surface area contributed by atoms with Gasteiger partial charge in [0.2, 0.25) is 17.8 Å². The molecule has 3 amide bonds. The van der Waals surface area contributed by atoms with Crippen LogP contribution in [0.15, 0.2) is 71.8 Å². The molecule has 60 heavy (non-hydrogen) atoms. The minimum absolute atomic E-state index is 0.130. The van der Waals surface area contributed by atoms with Gasteiger partial charge in [-0.1, -0.05) is 29.8 Å². The van der Waals surface area contributed by atoms with E-state index in [1.165, 1.54) is 6.20 Å². The Hall–Kier alpha value is -4.66. The number of amides is 3. The number of aromatic nitrogens is 2. The molecule has 3 N–H and O–H groups in total. The van der Waals surface area contributed by atoms with Gasteiger partial charge in [0.15, 0.2) is 5.82 Å². The van der Waals surface area contributed by atoms with E-state index < -0.39 is 13.2 Å². The van der Waals surface area contributed by atoms with Gasteiger partial charge in [-0.2, -0.15) is 4.98 Å². The fourth-order valence-corrected chi connectivity index (χ4v) is 11.0. The number of para-hydroxylation sites is 1. The number of imide groups is 1. The van der Waals surface area contributed by atoms with Crippen LogP contribution >= 0.6 is 30.5 Å². The Kier molecular flexibility index (Phi) is 12.7. The molecule has 17 heteroatoms. The number of hydrogen-bond acceptors (Lipinski definition) is 13. The zero-order chi connectivity index (χ0) is 42.0. The first-order chi connectivity index (χ1) is 28.9. The number of fused-ring (bicyclic) bond motifs is 1. The third kappa shape index (κ3) is 9.30. The number of carbonyl (C=O) groups is 3. The van der Waals surface area contributed by atoms with Gasteiger partial charge in [-0.05, 0) is 74.6 Å².